The lowest BCUT2D eigenvalue weighted by molar-refractivity contribution is 0.113. The number of anilines is 1. The van der Waals surface area contributed by atoms with Crippen molar-refractivity contribution in [3.05, 3.63) is 24.3 Å². The van der Waals surface area contributed by atoms with Crippen molar-refractivity contribution in [3.8, 4) is 0 Å². The Labute approximate surface area is 118 Å². The summed E-state index contributed by atoms with van der Waals surface area (Å²) in [5.41, 5.74) is 7.51. The van der Waals surface area contributed by atoms with Gasteiger partial charge in [-0.05, 0) is 12.1 Å². The van der Waals surface area contributed by atoms with E-state index in [0.29, 0.717) is 19.2 Å². The highest BCUT2D eigenvalue weighted by Crippen LogP contribution is 2.31. The molecular formula is C13H19ClN4O. The third-order valence-corrected chi connectivity index (χ3v) is 3.32. The summed E-state index contributed by atoms with van der Waals surface area (Å²) < 4.78 is 5.35. The fourth-order valence-electron chi connectivity index (χ4n) is 1.87. The SMILES string of the molecule is CN(C)C(N)=Nc1ccccc1N1CCOCC1Cl. The average Bonchev–Trinajstić information content (AvgIpc) is 2.40. The van der Waals surface area contributed by atoms with Crippen LogP contribution in [0.1, 0.15) is 0 Å². The van der Waals surface area contributed by atoms with E-state index in [-0.39, 0.29) is 5.50 Å². The molecule has 1 aliphatic rings. The molecular weight excluding hydrogens is 264 g/mol. The molecule has 1 fully saturated rings. The molecule has 0 bridgehead atoms. The number of guanidine groups is 1. The third kappa shape index (κ3) is 3.30. The molecule has 2 rings (SSSR count). The lowest BCUT2D eigenvalue weighted by Crippen LogP contribution is -2.42. The topological polar surface area (TPSA) is 54.1 Å². The van der Waals surface area contributed by atoms with E-state index in [0.717, 1.165) is 17.9 Å². The molecule has 2 N–H and O–H groups in total. The van der Waals surface area contributed by atoms with Crippen LogP contribution in [0, 0.1) is 0 Å². The van der Waals surface area contributed by atoms with E-state index in [1.165, 1.54) is 0 Å². The Morgan fingerprint density at radius 2 is 2.21 bits per heavy atom. The van der Waals surface area contributed by atoms with Gasteiger partial charge in [0, 0.05) is 20.6 Å². The van der Waals surface area contributed by atoms with Gasteiger partial charge in [-0.25, -0.2) is 4.99 Å². The van der Waals surface area contributed by atoms with E-state index in [1.54, 1.807) is 4.90 Å². The molecule has 19 heavy (non-hydrogen) atoms. The number of alkyl halides is 1. The number of hydrogen-bond acceptors (Lipinski definition) is 3. The maximum atomic E-state index is 6.30. The Bertz CT molecular complexity index is 464. The Kier molecular flexibility index (Phi) is 4.50. The minimum atomic E-state index is -0.175. The Morgan fingerprint density at radius 1 is 1.47 bits per heavy atom. The van der Waals surface area contributed by atoms with E-state index < -0.39 is 0 Å². The summed E-state index contributed by atoms with van der Waals surface area (Å²) in [7, 11) is 3.72. The van der Waals surface area contributed by atoms with Crippen molar-refractivity contribution in [1.82, 2.24) is 4.90 Å². The normalized spacial score (nSPS) is 20.5. The molecule has 0 amide bonds. The number of para-hydroxylation sites is 2. The van der Waals surface area contributed by atoms with Gasteiger partial charge in [0.05, 0.1) is 24.6 Å². The molecule has 1 heterocycles. The number of nitrogens with zero attached hydrogens (tertiary/aromatic N) is 3. The maximum Gasteiger partial charge on any atom is 0.196 e. The zero-order valence-corrected chi connectivity index (χ0v) is 12.0. The van der Waals surface area contributed by atoms with Crippen LogP contribution in [-0.2, 0) is 4.74 Å². The Morgan fingerprint density at radius 3 is 2.89 bits per heavy atom. The van der Waals surface area contributed by atoms with Crippen LogP contribution in [0.2, 0.25) is 0 Å². The summed E-state index contributed by atoms with van der Waals surface area (Å²) in [4.78, 5) is 8.31. The van der Waals surface area contributed by atoms with Gasteiger partial charge in [-0.15, -0.1) is 0 Å². The largest absolute Gasteiger partial charge is 0.376 e. The second-order valence-corrected chi connectivity index (χ2v) is 5.06. The van der Waals surface area contributed by atoms with Gasteiger partial charge >= 0.3 is 0 Å². The number of hydrogen-bond donors (Lipinski definition) is 1. The van der Waals surface area contributed by atoms with Crippen LogP contribution in [-0.4, -0.2) is 50.2 Å². The van der Waals surface area contributed by atoms with Gasteiger partial charge in [-0.1, -0.05) is 23.7 Å². The quantitative estimate of drug-likeness (QED) is 0.387. The van der Waals surface area contributed by atoms with Crippen LogP contribution in [0.15, 0.2) is 29.3 Å². The monoisotopic (exact) mass is 282 g/mol. The molecule has 6 heteroatoms. The lowest BCUT2D eigenvalue weighted by atomic mass is 10.2. The first kappa shape index (κ1) is 14.0. The standard InChI is InChI=1S/C13H19ClN4O/c1-17(2)13(15)16-10-5-3-4-6-11(10)18-7-8-19-9-12(18)14/h3-6,12H,7-9H2,1-2H3,(H2,15,16). The van der Waals surface area contributed by atoms with E-state index >= 15 is 0 Å². The molecule has 0 aromatic heterocycles. The first-order valence-electron chi connectivity index (χ1n) is 6.18. The highest BCUT2D eigenvalue weighted by atomic mass is 35.5. The van der Waals surface area contributed by atoms with Crippen molar-refractivity contribution in [2.75, 3.05) is 38.8 Å². The number of rotatable bonds is 2. The van der Waals surface area contributed by atoms with Gasteiger partial charge in [0.2, 0.25) is 0 Å². The van der Waals surface area contributed by atoms with Gasteiger partial charge in [-0.3, -0.25) is 0 Å². The van der Waals surface area contributed by atoms with Gasteiger partial charge in [0.15, 0.2) is 5.96 Å². The average molecular weight is 283 g/mol. The number of benzene rings is 1. The molecule has 1 saturated heterocycles. The fourth-order valence-corrected chi connectivity index (χ4v) is 2.16. The van der Waals surface area contributed by atoms with Crippen molar-refractivity contribution in [2.45, 2.75) is 5.50 Å². The first-order chi connectivity index (χ1) is 9.09. The molecule has 1 unspecified atom stereocenters. The molecule has 1 aromatic carbocycles. The molecule has 1 atom stereocenters. The molecule has 0 saturated carbocycles. The molecule has 0 spiro atoms. The minimum Gasteiger partial charge on any atom is -0.376 e. The molecule has 1 aliphatic heterocycles. The molecule has 104 valence electrons. The predicted molar refractivity (Wildman–Crippen MR) is 79.2 cm³/mol. The van der Waals surface area contributed by atoms with Crippen molar-refractivity contribution in [2.24, 2.45) is 10.7 Å². The number of nitrogens with two attached hydrogens (primary N) is 1. The van der Waals surface area contributed by atoms with Gasteiger partial charge in [-0.2, -0.15) is 0 Å². The van der Waals surface area contributed by atoms with Crippen molar-refractivity contribution in [1.29, 1.82) is 0 Å². The summed E-state index contributed by atoms with van der Waals surface area (Å²) in [5.74, 6) is 0.465. The van der Waals surface area contributed by atoms with E-state index in [4.69, 9.17) is 22.1 Å². The van der Waals surface area contributed by atoms with E-state index in [2.05, 4.69) is 9.89 Å². The molecule has 0 aliphatic carbocycles. The van der Waals surface area contributed by atoms with Gasteiger partial charge < -0.3 is 20.3 Å². The minimum absolute atomic E-state index is 0.175. The summed E-state index contributed by atoms with van der Waals surface area (Å²) in [6, 6.07) is 7.85. The van der Waals surface area contributed by atoms with Gasteiger partial charge in [0.1, 0.15) is 5.50 Å². The second-order valence-electron chi connectivity index (χ2n) is 4.56. The number of halogens is 1. The van der Waals surface area contributed by atoms with E-state index in [1.807, 2.05) is 38.4 Å². The smallest absolute Gasteiger partial charge is 0.196 e. The maximum absolute atomic E-state index is 6.30. The zero-order chi connectivity index (χ0) is 13.8. The number of aliphatic imine (C=N–C) groups is 1. The van der Waals surface area contributed by atoms with Crippen molar-refractivity contribution < 1.29 is 4.74 Å². The number of ether oxygens (including phenoxy) is 1. The van der Waals surface area contributed by atoms with Crippen LogP contribution in [0.5, 0.6) is 0 Å². The molecule has 1 aromatic rings. The Balaban J connectivity index is 2.33. The zero-order valence-electron chi connectivity index (χ0n) is 11.2. The van der Waals surface area contributed by atoms with E-state index in [9.17, 15) is 0 Å². The van der Waals surface area contributed by atoms with Crippen molar-refractivity contribution >= 4 is 28.9 Å². The summed E-state index contributed by atoms with van der Waals surface area (Å²) in [6.45, 7) is 1.94. The van der Waals surface area contributed by atoms with Crippen LogP contribution >= 0.6 is 11.6 Å². The van der Waals surface area contributed by atoms with Gasteiger partial charge in [0.25, 0.3) is 0 Å². The summed E-state index contributed by atoms with van der Waals surface area (Å²) in [5, 5.41) is 0. The number of morpholine rings is 1. The fraction of sp³-hybridized carbons (Fsp3) is 0.462. The highest BCUT2D eigenvalue weighted by Gasteiger charge is 2.22. The third-order valence-electron chi connectivity index (χ3n) is 2.95. The van der Waals surface area contributed by atoms with Crippen LogP contribution in [0.4, 0.5) is 11.4 Å². The lowest BCUT2D eigenvalue weighted by Gasteiger charge is -2.34. The van der Waals surface area contributed by atoms with Crippen LogP contribution in [0.25, 0.3) is 0 Å². The predicted octanol–water partition coefficient (Wildman–Crippen LogP) is 1.60. The molecule has 0 radical (unpaired) electrons. The second kappa shape index (κ2) is 6.12. The van der Waals surface area contributed by atoms with Crippen molar-refractivity contribution in [3.63, 3.8) is 0 Å². The summed E-state index contributed by atoms with van der Waals surface area (Å²) in [6.07, 6.45) is 0. The Hall–Kier alpha value is -1.46. The van der Waals surface area contributed by atoms with Crippen LogP contribution < -0.4 is 10.6 Å². The van der Waals surface area contributed by atoms with Crippen LogP contribution in [0.3, 0.4) is 0 Å². The molecule has 5 nitrogen and oxygen atoms in total. The highest BCUT2D eigenvalue weighted by molar-refractivity contribution is 6.22. The first-order valence-corrected chi connectivity index (χ1v) is 6.62. The summed E-state index contributed by atoms with van der Waals surface area (Å²) >= 11 is 6.30.